The summed E-state index contributed by atoms with van der Waals surface area (Å²) in [7, 11) is 0. The predicted octanol–water partition coefficient (Wildman–Crippen LogP) is 3.11. The van der Waals surface area contributed by atoms with E-state index in [9.17, 15) is 0 Å². The summed E-state index contributed by atoms with van der Waals surface area (Å²) in [5.41, 5.74) is 0. The molecule has 0 aliphatic rings. The van der Waals surface area contributed by atoms with Crippen LogP contribution in [0.25, 0.3) is 0 Å². The van der Waals surface area contributed by atoms with Crippen molar-refractivity contribution in [1.29, 1.82) is 0 Å². The van der Waals surface area contributed by atoms with E-state index in [4.69, 9.17) is 0 Å². The molecule has 0 N–H and O–H groups in total. The summed E-state index contributed by atoms with van der Waals surface area (Å²) < 4.78 is 1.15. The Morgan fingerprint density at radius 1 is 1.75 bits per heavy atom. The first-order chi connectivity index (χ1) is 3.70. The first-order valence-corrected chi connectivity index (χ1v) is 4.20. The molecule has 0 unspecified atom stereocenters. The molecule has 1 heterocycles. The summed E-state index contributed by atoms with van der Waals surface area (Å²) >= 11 is 9.26. The Hall–Kier alpha value is 0.530. The van der Waals surface area contributed by atoms with Crippen LogP contribution in [-0.2, 0) is 0 Å². The molecular weight excluding hydrogens is 204 g/mol. The molecule has 0 nitrogen and oxygen atoms in total. The minimum atomic E-state index is 1.07. The van der Waals surface area contributed by atoms with Crippen LogP contribution in [0, 0.1) is 6.92 Å². The molecule has 0 spiro atoms. The van der Waals surface area contributed by atoms with Gasteiger partial charge in [0.2, 0.25) is 0 Å². The predicted molar refractivity (Wildman–Crippen MR) is 44.0 cm³/mol. The number of aryl methyl sites for hydroxylation is 1. The number of hydrogen-bond donors (Lipinski definition) is 1. The van der Waals surface area contributed by atoms with Crippen molar-refractivity contribution < 1.29 is 0 Å². The zero-order chi connectivity index (χ0) is 6.15. The minimum absolute atomic E-state index is 1.07. The van der Waals surface area contributed by atoms with Gasteiger partial charge in [-0.3, -0.25) is 0 Å². The van der Waals surface area contributed by atoms with Crippen LogP contribution in [0.2, 0.25) is 0 Å². The molecule has 0 saturated heterocycles. The molecule has 1 aromatic heterocycles. The van der Waals surface area contributed by atoms with Gasteiger partial charge < -0.3 is 0 Å². The molecule has 0 aliphatic carbocycles. The Morgan fingerprint density at radius 3 is 2.50 bits per heavy atom. The van der Waals surface area contributed by atoms with Gasteiger partial charge in [-0.1, -0.05) is 0 Å². The van der Waals surface area contributed by atoms with Crippen LogP contribution in [0.15, 0.2) is 14.7 Å². The van der Waals surface area contributed by atoms with Crippen molar-refractivity contribution in [3.05, 3.63) is 14.7 Å². The van der Waals surface area contributed by atoms with E-state index >= 15 is 0 Å². The average Bonchev–Trinajstić information content (AvgIpc) is 1.85. The van der Waals surface area contributed by atoms with E-state index in [0.29, 0.717) is 0 Å². The van der Waals surface area contributed by atoms with Crippen molar-refractivity contribution in [3.63, 3.8) is 0 Å². The van der Waals surface area contributed by atoms with E-state index in [1.54, 1.807) is 11.3 Å². The quantitative estimate of drug-likeness (QED) is 0.623. The fourth-order valence-electron chi connectivity index (χ4n) is 0.437. The van der Waals surface area contributed by atoms with Crippen LogP contribution in [0.4, 0.5) is 0 Å². The molecule has 0 atom stereocenters. The highest BCUT2D eigenvalue weighted by Gasteiger charge is 1.96. The van der Waals surface area contributed by atoms with E-state index in [0.717, 1.165) is 8.68 Å². The van der Waals surface area contributed by atoms with E-state index in [2.05, 4.69) is 35.5 Å². The third kappa shape index (κ3) is 1.27. The number of halogens is 1. The van der Waals surface area contributed by atoms with Gasteiger partial charge in [0.05, 0.1) is 3.79 Å². The van der Waals surface area contributed by atoms with Crippen molar-refractivity contribution >= 4 is 39.9 Å². The first kappa shape index (κ1) is 6.65. The maximum absolute atomic E-state index is 4.20. The normalized spacial score (nSPS) is 9.88. The van der Waals surface area contributed by atoms with Gasteiger partial charge >= 0.3 is 0 Å². The standard InChI is InChI=1S/C5H5BrS2/c1-3-4(7)2-5(6)8-3/h2,7H,1H3. The van der Waals surface area contributed by atoms with Crippen molar-refractivity contribution in [2.75, 3.05) is 0 Å². The van der Waals surface area contributed by atoms with Crippen molar-refractivity contribution in [2.45, 2.75) is 11.8 Å². The van der Waals surface area contributed by atoms with Crippen molar-refractivity contribution in [3.8, 4) is 0 Å². The zero-order valence-corrected chi connectivity index (χ0v) is 7.61. The lowest BCUT2D eigenvalue weighted by molar-refractivity contribution is 1.43. The molecule has 3 heteroatoms. The summed E-state index contributed by atoms with van der Waals surface area (Å²) in [5.74, 6) is 0. The van der Waals surface area contributed by atoms with Gasteiger partial charge in [0, 0.05) is 9.77 Å². The summed E-state index contributed by atoms with van der Waals surface area (Å²) in [4.78, 5) is 2.34. The Bertz CT molecular complexity index is 173. The summed E-state index contributed by atoms with van der Waals surface area (Å²) in [6.07, 6.45) is 0. The third-order valence-corrected chi connectivity index (χ3v) is 3.03. The number of hydrogen-bond acceptors (Lipinski definition) is 2. The zero-order valence-electron chi connectivity index (χ0n) is 4.31. The molecule has 0 radical (unpaired) electrons. The van der Waals surface area contributed by atoms with Gasteiger partial charge in [-0.15, -0.1) is 24.0 Å². The lowest BCUT2D eigenvalue weighted by Crippen LogP contribution is -1.54. The summed E-state index contributed by atoms with van der Waals surface area (Å²) in [6, 6.07) is 2.00. The molecule has 0 fully saturated rings. The minimum Gasteiger partial charge on any atom is -0.142 e. The highest BCUT2D eigenvalue weighted by atomic mass is 79.9. The summed E-state index contributed by atoms with van der Waals surface area (Å²) in [5, 5.41) is 0. The molecular formula is C5H5BrS2. The SMILES string of the molecule is Cc1sc(Br)cc1S. The van der Waals surface area contributed by atoms with Crippen LogP contribution in [0.3, 0.4) is 0 Å². The lowest BCUT2D eigenvalue weighted by atomic mass is 10.5. The monoisotopic (exact) mass is 208 g/mol. The molecule has 0 amide bonds. The molecule has 1 rings (SSSR count). The number of thiol groups is 1. The van der Waals surface area contributed by atoms with Crippen LogP contribution in [0.1, 0.15) is 4.88 Å². The van der Waals surface area contributed by atoms with Gasteiger partial charge in [0.15, 0.2) is 0 Å². The number of thiophene rings is 1. The smallest absolute Gasteiger partial charge is 0.0712 e. The number of rotatable bonds is 0. The molecule has 0 aliphatic heterocycles. The van der Waals surface area contributed by atoms with Crippen LogP contribution >= 0.6 is 39.9 Å². The highest BCUT2D eigenvalue weighted by Crippen LogP contribution is 2.28. The fourth-order valence-corrected chi connectivity index (χ4v) is 2.56. The molecule has 0 saturated carbocycles. The van der Waals surface area contributed by atoms with E-state index < -0.39 is 0 Å². The first-order valence-electron chi connectivity index (χ1n) is 2.15. The Balaban J connectivity index is 3.14. The Kier molecular flexibility index (Phi) is 2.01. The Morgan fingerprint density at radius 2 is 2.38 bits per heavy atom. The van der Waals surface area contributed by atoms with Gasteiger partial charge in [0.1, 0.15) is 0 Å². The third-order valence-electron chi connectivity index (χ3n) is 0.862. The topological polar surface area (TPSA) is 0 Å². The second-order valence-corrected chi connectivity index (χ2v) is 4.61. The van der Waals surface area contributed by atoms with E-state index in [1.807, 2.05) is 6.07 Å². The maximum atomic E-state index is 4.20. The van der Waals surface area contributed by atoms with Crippen LogP contribution in [-0.4, -0.2) is 0 Å². The second-order valence-electron chi connectivity index (χ2n) is 1.49. The Labute approximate surface area is 66.5 Å². The fraction of sp³-hybridized carbons (Fsp3) is 0.200. The van der Waals surface area contributed by atoms with Crippen molar-refractivity contribution in [2.24, 2.45) is 0 Å². The van der Waals surface area contributed by atoms with Gasteiger partial charge in [0.25, 0.3) is 0 Å². The molecule has 44 valence electrons. The lowest BCUT2D eigenvalue weighted by Gasteiger charge is -1.78. The maximum Gasteiger partial charge on any atom is 0.0712 e. The van der Waals surface area contributed by atoms with Crippen molar-refractivity contribution in [1.82, 2.24) is 0 Å². The van der Waals surface area contributed by atoms with Crippen LogP contribution in [0.5, 0.6) is 0 Å². The van der Waals surface area contributed by atoms with Gasteiger partial charge in [-0.05, 0) is 28.9 Å². The molecule has 0 bridgehead atoms. The van der Waals surface area contributed by atoms with E-state index in [1.165, 1.54) is 4.88 Å². The molecule has 1 aromatic rings. The average molecular weight is 209 g/mol. The summed E-state index contributed by atoms with van der Waals surface area (Å²) in [6.45, 7) is 2.05. The molecule has 0 aromatic carbocycles. The molecule has 8 heavy (non-hydrogen) atoms. The van der Waals surface area contributed by atoms with Crippen LogP contribution < -0.4 is 0 Å². The van der Waals surface area contributed by atoms with Gasteiger partial charge in [-0.2, -0.15) is 0 Å². The van der Waals surface area contributed by atoms with Gasteiger partial charge in [-0.25, -0.2) is 0 Å². The van der Waals surface area contributed by atoms with E-state index in [-0.39, 0.29) is 0 Å². The largest absolute Gasteiger partial charge is 0.142 e. The highest BCUT2D eigenvalue weighted by molar-refractivity contribution is 9.11. The second kappa shape index (κ2) is 2.42.